The molecule has 0 fully saturated rings. The Hall–Kier alpha value is -3.09. The van der Waals surface area contributed by atoms with Gasteiger partial charge in [0.05, 0.1) is 12.3 Å². The fourth-order valence-corrected chi connectivity index (χ4v) is 2.29. The van der Waals surface area contributed by atoms with Gasteiger partial charge >= 0.3 is 0 Å². The van der Waals surface area contributed by atoms with Gasteiger partial charge in [-0.05, 0) is 38.1 Å². The summed E-state index contributed by atoms with van der Waals surface area (Å²) >= 11 is 0. The third-order valence-electron chi connectivity index (χ3n) is 3.25. The van der Waals surface area contributed by atoms with Crippen molar-refractivity contribution in [2.45, 2.75) is 13.8 Å². The molecular formula is C17H18N4O3. The maximum Gasteiger partial charge on any atom is 0.263 e. The molecule has 0 saturated carbocycles. The van der Waals surface area contributed by atoms with Crippen LogP contribution < -0.4 is 14.8 Å². The van der Waals surface area contributed by atoms with Crippen molar-refractivity contribution in [1.82, 2.24) is 14.4 Å². The summed E-state index contributed by atoms with van der Waals surface area (Å²) in [7, 11) is 0. The van der Waals surface area contributed by atoms with Gasteiger partial charge in [0.1, 0.15) is 0 Å². The molecule has 24 heavy (non-hydrogen) atoms. The Balaban J connectivity index is 1.67. The van der Waals surface area contributed by atoms with Crippen molar-refractivity contribution in [1.29, 1.82) is 0 Å². The summed E-state index contributed by atoms with van der Waals surface area (Å²) < 4.78 is 12.9. The largest absolute Gasteiger partial charge is 0.490 e. The van der Waals surface area contributed by atoms with Gasteiger partial charge < -0.3 is 19.2 Å². The topological polar surface area (TPSA) is 77.8 Å². The Morgan fingerprint density at radius 2 is 2.08 bits per heavy atom. The molecule has 3 rings (SSSR count). The number of nitrogens with one attached hydrogen (secondary N) is 1. The number of aryl methyl sites for hydroxylation is 1. The van der Waals surface area contributed by atoms with E-state index in [1.807, 2.05) is 36.7 Å². The van der Waals surface area contributed by atoms with Crippen LogP contribution in [0.25, 0.3) is 5.65 Å². The van der Waals surface area contributed by atoms with Crippen molar-refractivity contribution in [3.8, 4) is 11.5 Å². The molecule has 0 aliphatic rings. The highest BCUT2D eigenvalue weighted by Gasteiger charge is 2.11. The highest BCUT2D eigenvalue weighted by atomic mass is 16.5. The molecular weight excluding hydrogens is 308 g/mol. The minimum atomic E-state index is -0.320. The van der Waals surface area contributed by atoms with Gasteiger partial charge in [0.15, 0.2) is 29.6 Å². The fraction of sp³-hybridized carbons (Fsp3) is 0.235. The fourth-order valence-electron chi connectivity index (χ4n) is 2.29. The number of pyridine rings is 2. The van der Waals surface area contributed by atoms with E-state index in [2.05, 4.69) is 15.3 Å². The van der Waals surface area contributed by atoms with Crippen LogP contribution in [0.1, 0.15) is 12.6 Å². The summed E-state index contributed by atoms with van der Waals surface area (Å²) in [5, 5.41) is 2.69. The maximum atomic E-state index is 12.1. The van der Waals surface area contributed by atoms with Crippen LogP contribution in [0.3, 0.4) is 0 Å². The Labute approximate surface area is 139 Å². The number of anilines is 1. The van der Waals surface area contributed by atoms with E-state index in [0.29, 0.717) is 29.6 Å². The number of aromatic nitrogens is 3. The van der Waals surface area contributed by atoms with Crippen molar-refractivity contribution in [3.63, 3.8) is 0 Å². The molecule has 0 bridgehead atoms. The van der Waals surface area contributed by atoms with Crippen LogP contribution in [0.5, 0.6) is 11.5 Å². The number of ether oxygens (including phenoxy) is 2. The second-order valence-electron chi connectivity index (χ2n) is 5.11. The zero-order valence-electron chi connectivity index (χ0n) is 13.5. The predicted molar refractivity (Wildman–Crippen MR) is 89.5 cm³/mol. The number of amides is 1. The third kappa shape index (κ3) is 3.45. The maximum absolute atomic E-state index is 12.1. The first-order chi connectivity index (χ1) is 11.7. The van der Waals surface area contributed by atoms with Crippen LogP contribution >= 0.6 is 0 Å². The number of imidazole rings is 1. The summed E-state index contributed by atoms with van der Waals surface area (Å²) in [6.07, 6.45) is 5.36. The number of hydrogen-bond acceptors (Lipinski definition) is 5. The number of rotatable bonds is 6. The molecule has 3 aromatic rings. The van der Waals surface area contributed by atoms with Gasteiger partial charge in [-0.25, -0.2) is 9.97 Å². The number of carbonyl (C=O) groups excluding carboxylic acids is 1. The second-order valence-corrected chi connectivity index (χ2v) is 5.11. The van der Waals surface area contributed by atoms with Gasteiger partial charge in [-0.15, -0.1) is 0 Å². The Kier molecular flexibility index (Phi) is 4.60. The molecule has 1 amide bonds. The average molecular weight is 326 g/mol. The minimum Gasteiger partial charge on any atom is -0.490 e. The summed E-state index contributed by atoms with van der Waals surface area (Å²) in [6, 6.07) is 7.12. The number of hydrogen-bond donors (Lipinski definition) is 1. The third-order valence-corrected chi connectivity index (χ3v) is 3.25. The highest BCUT2D eigenvalue weighted by molar-refractivity contribution is 5.92. The SMILES string of the molecule is CCOc1cccnc1NC(=O)COc1cccn2cc(C)nc12. The van der Waals surface area contributed by atoms with Gasteiger partial charge in [-0.3, -0.25) is 4.79 Å². The number of fused-ring (bicyclic) bond motifs is 1. The van der Waals surface area contributed by atoms with Crippen LogP contribution in [0, 0.1) is 6.92 Å². The van der Waals surface area contributed by atoms with Crippen molar-refractivity contribution in [3.05, 3.63) is 48.5 Å². The zero-order chi connectivity index (χ0) is 16.9. The van der Waals surface area contributed by atoms with Gasteiger partial charge in [-0.1, -0.05) is 0 Å². The molecule has 3 heterocycles. The zero-order valence-corrected chi connectivity index (χ0v) is 13.5. The summed E-state index contributed by atoms with van der Waals surface area (Å²) in [6.45, 7) is 4.12. The first-order valence-corrected chi connectivity index (χ1v) is 7.62. The van der Waals surface area contributed by atoms with Crippen molar-refractivity contribution < 1.29 is 14.3 Å². The van der Waals surface area contributed by atoms with Crippen LogP contribution in [-0.4, -0.2) is 33.5 Å². The van der Waals surface area contributed by atoms with Gasteiger partial charge in [0, 0.05) is 18.6 Å². The molecule has 0 saturated heterocycles. The molecule has 0 radical (unpaired) electrons. The van der Waals surface area contributed by atoms with E-state index in [1.54, 1.807) is 24.4 Å². The van der Waals surface area contributed by atoms with Crippen molar-refractivity contribution >= 4 is 17.4 Å². The lowest BCUT2D eigenvalue weighted by Gasteiger charge is -2.11. The monoisotopic (exact) mass is 326 g/mol. The standard InChI is InChI=1S/C17H18N4O3/c1-3-23-13-6-4-8-18-16(13)20-15(22)11-24-14-7-5-9-21-10-12(2)19-17(14)21/h4-10H,3,11H2,1-2H3,(H,18,20,22). The van der Waals surface area contributed by atoms with E-state index in [1.165, 1.54) is 0 Å². The lowest BCUT2D eigenvalue weighted by Crippen LogP contribution is -2.21. The molecule has 0 aliphatic carbocycles. The van der Waals surface area contributed by atoms with Gasteiger partial charge in [0.2, 0.25) is 0 Å². The van der Waals surface area contributed by atoms with E-state index in [4.69, 9.17) is 9.47 Å². The molecule has 3 aromatic heterocycles. The van der Waals surface area contributed by atoms with Gasteiger partial charge in [-0.2, -0.15) is 0 Å². The Bertz CT molecular complexity index is 860. The normalized spacial score (nSPS) is 10.6. The second kappa shape index (κ2) is 6.99. The Morgan fingerprint density at radius 1 is 1.25 bits per heavy atom. The average Bonchev–Trinajstić information content (AvgIpc) is 2.96. The first-order valence-electron chi connectivity index (χ1n) is 7.62. The molecule has 0 atom stereocenters. The lowest BCUT2D eigenvalue weighted by atomic mass is 10.4. The lowest BCUT2D eigenvalue weighted by molar-refractivity contribution is -0.118. The number of nitrogens with zero attached hydrogens (tertiary/aromatic N) is 3. The molecule has 7 nitrogen and oxygen atoms in total. The first kappa shape index (κ1) is 15.8. The predicted octanol–water partition coefficient (Wildman–Crippen LogP) is 2.45. The van der Waals surface area contributed by atoms with Gasteiger partial charge in [0.25, 0.3) is 5.91 Å². The summed E-state index contributed by atoms with van der Waals surface area (Å²) in [4.78, 5) is 20.6. The smallest absolute Gasteiger partial charge is 0.263 e. The van der Waals surface area contributed by atoms with E-state index < -0.39 is 0 Å². The highest BCUT2D eigenvalue weighted by Crippen LogP contribution is 2.21. The van der Waals surface area contributed by atoms with E-state index >= 15 is 0 Å². The van der Waals surface area contributed by atoms with E-state index in [9.17, 15) is 4.79 Å². The van der Waals surface area contributed by atoms with Crippen LogP contribution in [-0.2, 0) is 4.79 Å². The van der Waals surface area contributed by atoms with Crippen molar-refractivity contribution in [2.24, 2.45) is 0 Å². The molecule has 7 heteroatoms. The Morgan fingerprint density at radius 3 is 2.92 bits per heavy atom. The molecule has 0 unspecified atom stereocenters. The molecule has 124 valence electrons. The molecule has 0 aliphatic heterocycles. The molecule has 1 N–H and O–H groups in total. The quantitative estimate of drug-likeness (QED) is 0.753. The van der Waals surface area contributed by atoms with E-state index in [0.717, 1.165) is 5.69 Å². The summed E-state index contributed by atoms with van der Waals surface area (Å²) in [5.41, 5.74) is 1.56. The van der Waals surface area contributed by atoms with Crippen LogP contribution in [0.2, 0.25) is 0 Å². The summed E-state index contributed by atoms with van der Waals surface area (Å²) in [5.74, 6) is 1.13. The van der Waals surface area contributed by atoms with E-state index in [-0.39, 0.29) is 12.5 Å². The molecule has 0 spiro atoms. The number of carbonyl (C=O) groups is 1. The van der Waals surface area contributed by atoms with Crippen LogP contribution in [0.15, 0.2) is 42.9 Å². The van der Waals surface area contributed by atoms with Crippen LogP contribution in [0.4, 0.5) is 5.82 Å². The van der Waals surface area contributed by atoms with Crippen molar-refractivity contribution in [2.75, 3.05) is 18.5 Å². The minimum absolute atomic E-state index is 0.145. The molecule has 0 aromatic carbocycles.